The minimum absolute atomic E-state index is 0.0427. The molecule has 1 N–H and O–H groups in total. The lowest BCUT2D eigenvalue weighted by molar-refractivity contribution is -0.123. The third kappa shape index (κ3) is 7.87. The Hall–Kier alpha value is -3.28. The SMILES string of the molecule is C/C=C/c1ccc(OCCCCn2c(CCCCCNC(=O)C(C)C)nc3ccccc32)c(OC)c1. The number of carbonyl (C=O) groups is 1. The Morgan fingerprint density at radius 2 is 1.89 bits per heavy atom. The highest BCUT2D eigenvalue weighted by Crippen LogP contribution is 2.29. The van der Waals surface area contributed by atoms with E-state index >= 15 is 0 Å². The predicted octanol–water partition coefficient (Wildman–Crippen LogP) is 6.42. The summed E-state index contributed by atoms with van der Waals surface area (Å²) >= 11 is 0. The number of imidazole rings is 1. The second-order valence-electron chi connectivity index (χ2n) is 9.39. The zero-order chi connectivity index (χ0) is 25.8. The Bertz CT molecular complexity index is 1130. The van der Waals surface area contributed by atoms with E-state index in [1.165, 1.54) is 5.52 Å². The van der Waals surface area contributed by atoms with Crippen LogP contribution in [0, 0.1) is 5.92 Å². The third-order valence-corrected chi connectivity index (χ3v) is 6.21. The molecule has 6 nitrogen and oxygen atoms in total. The van der Waals surface area contributed by atoms with Crippen LogP contribution in [0.3, 0.4) is 0 Å². The lowest BCUT2D eigenvalue weighted by Crippen LogP contribution is -2.28. The number of rotatable bonds is 15. The monoisotopic (exact) mass is 491 g/mol. The molecule has 194 valence electrons. The van der Waals surface area contributed by atoms with Crippen molar-refractivity contribution in [1.29, 1.82) is 0 Å². The maximum Gasteiger partial charge on any atom is 0.222 e. The second-order valence-corrected chi connectivity index (χ2v) is 9.39. The Balaban J connectivity index is 1.49. The van der Waals surface area contributed by atoms with Gasteiger partial charge in [0.05, 0.1) is 24.8 Å². The van der Waals surface area contributed by atoms with Gasteiger partial charge in [-0.2, -0.15) is 0 Å². The molecule has 0 radical (unpaired) electrons. The number of fused-ring (bicyclic) bond motifs is 1. The number of ether oxygens (including phenoxy) is 2. The molecule has 0 saturated carbocycles. The summed E-state index contributed by atoms with van der Waals surface area (Å²) in [7, 11) is 1.68. The average molecular weight is 492 g/mol. The highest BCUT2D eigenvalue weighted by Gasteiger charge is 2.11. The van der Waals surface area contributed by atoms with Crippen LogP contribution in [0.1, 0.15) is 64.3 Å². The first-order valence-corrected chi connectivity index (χ1v) is 13.2. The number of nitrogens with one attached hydrogen (secondary N) is 1. The van der Waals surface area contributed by atoms with Crippen LogP contribution < -0.4 is 14.8 Å². The quantitative estimate of drug-likeness (QED) is 0.249. The van der Waals surface area contributed by atoms with Gasteiger partial charge in [-0.15, -0.1) is 0 Å². The van der Waals surface area contributed by atoms with Gasteiger partial charge in [-0.25, -0.2) is 4.98 Å². The summed E-state index contributed by atoms with van der Waals surface area (Å²) in [6.07, 6.45) is 10.1. The van der Waals surface area contributed by atoms with E-state index in [4.69, 9.17) is 14.5 Å². The molecule has 0 aliphatic carbocycles. The highest BCUT2D eigenvalue weighted by molar-refractivity contribution is 5.77. The van der Waals surface area contributed by atoms with Crippen molar-refractivity contribution in [3.8, 4) is 11.5 Å². The zero-order valence-corrected chi connectivity index (χ0v) is 22.3. The van der Waals surface area contributed by atoms with E-state index in [2.05, 4.69) is 28.1 Å². The number of unbranched alkanes of at least 4 members (excludes halogenated alkanes) is 3. The Morgan fingerprint density at radius 3 is 2.67 bits per heavy atom. The van der Waals surface area contributed by atoms with Gasteiger partial charge in [0.15, 0.2) is 11.5 Å². The van der Waals surface area contributed by atoms with Crippen LogP contribution in [0.15, 0.2) is 48.5 Å². The van der Waals surface area contributed by atoms with Crippen LogP contribution in [0.2, 0.25) is 0 Å². The highest BCUT2D eigenvalue weighted by atomic mass is 16.5. The van der Waals surface area contributed by atoms with Gasteiger partial charge < -0.3 is 19.4 Å². The molecule has 0 bridgehead atoms. The average Bonchev–Trinajstić information content (AvgIpc) is 3.23. The Labute approximate surface area is 215 Å². The molecule has 1 aromatic heterocycles. The molecular weight excluding hydrogens is 450 g/mol. The molecule has 36 heavy (non-hydrogen) atoms. The molecule has 1 heterocycles. The van der Waals surface area contributed by atoms with Gasteiger partial charge in [0.25, 0.3) is 0 Å². The van der Waals surface area contributed by atoms with Crippen LogP contribution in [-0.2, 0) is 17.8 Å². The summed E-state index contributed by atoms with van der Waals surface area (Å²) in [5.74, 6) is 2.86. The molecular formula is C30H41N3O3. The first kappa shape index (κ1) is 27.3. The van der Waals surface area contributed by atoms with Gasteiger partial charge in [-0.1, -0.05) is 50.6 Å². The summed E-state index contributed by atoms with van der Waals surface area (Å²) in [5.41, 5.74) is 3.35. The smallest absolute Gasteiger partial charge is 0.222 e. The summed E-state index contributed by atoms with van der Waals surface area (Å²) < 4.78 is 13.9. The molecule has 0 spiro atoms. The normalized spacial score (nSPS) is 11.5. The second kappa shape index (κ2) is 14.3. The van der Waals surface area contributed by atoms with E-state index in [0.29, 0.717) is 6.61 Å². The van der Waals surface area contributed by atoms with Crippen molar-refractivity contribution in [3.05, 3.63) is 59.9 Å². The maximum absolute atomic E-state index is 11.7. The van der Waals surface area contributed by atoms with E-state index in [9.17, 15) is 4.79 Å². The van der Waals surface area contributed by atoms with E-state index in [-0.39, 0.29) is 11.8 Å². The Morgan fingerprint density at radius 1 is 1.06 bits per heavy atom. The number of carbonyl (C=O) groups excluding carboxylic acids is 1. The lowest BCUT2D eigenvalue weighted by atomic mass is 10.1. The fourth-order valence-corrected chi connectivity index (χ4v) is 4.22. The molecule has 6 heteroatoms. The van der Waals surface area contributed by atoms with E-state index in [1.807, 2.05) is 57.2 Å². The number of hydrogen-bond donors (Lipinski definition) is 1. The van der Waals surface area contributed by atoms with Crippen molar-refractivity contribution < 1.29 is 14.3 Å². The van der Waals surface area contributed by atoms with Crippen molar-refractivity contribution in [3.63, 3.8) is 0 Å². The van der Waals surface area contributed by atoms with Gasteiger partial charge >= 0.3 is 0 Å². The molecule has 3 rings (SSSR count). The fraction of sp³-hybridized carbons (Fsp3) is 0.467. The molecule has 0 saturated heterocycles. The number of para-hydroxylation sites is 2. The fourth-order valence-electron chi connectivity index (χ4n) is 4.22. The van der Waals surface area contributed by atoms with Crippen molar-refractivity contribution in [2.24, 2.45) is 5.92 Å². The molecule has 0 fully saturated rings. The molecule has 1 amide bonds. The number of benzene rings is 2. The topological polar surface area (TPSA) is 65.4 Å². The van der Waals surface area contributed by atoms with Crippen molar-refractivity contribution >= 4 is 23.0 Å². The first-order valence-electron chi connectivity index (χ1n) is 13.2. The van der Waals surface area contributed by atoms with Gasteiger partial charge in [-0.05, 0) is 62.4 Å². The van der Waals surface area contributed by atoms with Gasteiger partial charge in [-0.3, -0.25) is 4.79 Å². The number of methoxy groups -OCH3 is 1. The van der Waals surface area contributed by atoms with Crippen LogP contribution in [0.4, 0.5) is 0 Å². The number of nitrogens with zero attached hydrogens (tertiary/aromatic N) is 2. The molecule has 0 atom stereocenters. The van der Waals surface area contributed by atoms with E-state index in [0.717, 1.165) is 80.0 Å². The molecule has 0 aliphatic heterocycles. The van der Waals surface area contributed by atoms with Crippen molar-refractivity contribution in [2.75, 3.05) is 20.3 Å². The summed E-state index contributed by atoms with van der Waals surface area (Å²) in [6.45, 7) is 8.15. The third-order valence-electron chi connectivity index (χ3n) is 6.21. The standard InChI is InChI=1S/C30H41N3O3/c1-5-13-24-17-18-27(28(22-24)35-4)36-21-12-11-20-33-26-15-9-8-14-25(26)32-29(33)16-7-6-10-19-31-30(34)23(2)3/h5,8-9,13-15,17-18,22-23H,6-7,10-12,16,19-21H2,1-4H3,(H,31,34)/b13-5+. The molecule has 3 aromatic rings. The van der Waals surface area contributed by atoms with E-state index < -0.39 is 0 Å². The van der Waals surface area contributed by atoms with Crippen molar-refractivity contribution in [1.82, 2.24) is 14.9 Å². The number of allylic oxidation sites excluding steroid dienone is 1. The molecule has 0 aliphatic rings. The van der Waals surface area contributed by atoms with Crippen molar-refractivity contribution in [2.45, 2.75) is 65.8 Å². The summed E-state index contributed by atoms with van der Waals surface area (Å²) in [4.78, 5) is 16.6. The summed E-state index contributed by atoms with van der Waals surface area (Å²) in [5, 5.41) is 3.00. The van der Waals surface area contributed by atoms with Crippen LogP contribution >= 0.6 is 0 Å². The maximum atomic E-state index is 11.7. The van der Waals surface area contributed by atoms with Crippen LogP contribution in [0.5, 0.6) is 11.5 Å². The summed E-state index contributed by atoms with van der Waals surface area (Å²) in [6, 6.07) is 14.4. The van der Waals surface area contributed by atoms with Gasteiger partial charge in [0.1, 0.15) is 5.82 Å². The van der Waals surface area contributed by atoms with Gasteiger partial charge in [0.2, 0.25) is 5.91 Å². The zero-order valence-electron chi connectivity index (χ0n) is 22.3. The first-order chi connectivity index (χ1) is 17.5. The molecule has 2 aromatic carbocycles. The van der Waals surface area contributed by atoms with Crippen LogP contribution in [0.25, 0.3) is 17.1 Å². The van der Waals surface area contributed by atoms with Crippen LogP contribution in [-0.4, -0.2) is 35.7 Å². The van der Waals surface area contributed by atoms with Gasteiger partial charge in [0, 0.05) is 25.4 Å². The number of aryl methyl sites for hydroxylation is 2. The lowest BCUT2D eigenvalue weighted by Gasteiger charge is -2.12. The minimum Gasteiger partial charge on any atom is -0.493 e. The Kier molecular flexibility index (Phi) is 10.9. The predicted molar refractivity (Wildman–Crippen MR) is 148 cm³/mol. The largest absolute Gasteiger partial charge is 0.493 e. The number of aromatic nitrogens is 2. The minimum atomic E-state index is 0.0427. The van der Waals surface area contributed by atoms with E-state index in [1.54, 1.807) is 7.11 Å². The molecule has 0 unspecified atom stereocenters. The number of amides is 1. The number of hydrogen-bond acceptors (Lipinski definition) is 4.